The fourth-order valence-corrected chi connectivity index (χ4v) is 18.2. The van der Waals surface area contributed by atoms with Gasteiger partial charge >= 0.3 is 0 Å². The Labute approximate surface area is 313 Å². The zero-order valence-corrected chi connectivity index (χ0v) is 35.2. The lowest BCUT2D eigenvalue weighted by Gasteiger charge is -2.59. The molecular formula is C50H86. The van der Waals surface area contributed by atoms with Crippen molar-refractivity contribution < 1.29 is 0 Å². The van der Waals surface area contributed by atoms with Crippen LogP contribution in [-0.2, 0) is 0 Å². The van der Waals surface area contributed by atoms with Gasteiger partial charge < -0.3 is 0 Å². The molecule has 0 nitrogen and oxygen atoms in total. The van der Waals surface area contributed by atoms with Crippen LogP contribution in [0.4, 0.5) is 0 Å². The molecule has 8 aliphatic rings. The molecule has 0 bridgehead atoms. The summed E-state index contributed by atoms with van der Waals surface area (Å²) >= 11 is 0. The molecule has 286 valence electrons. The summed E-state index contributed by atoms with van der Waals surface area (Å²) in [7, 11) is 0. The molecule has 8 rings (SSSR count). The topological polar surface area (TPSA) is 0 Å². The molecule has 0 heterocycles. The first-order chi connectivity index (χ1) is 23.9. The predicted octanol–water partition coefficient (Wildman–Crippen LogP) is 15.0. The maximum absolute atomic E-state index is 2.76. The highest BCUT2D eigenvalue weighted by atomic mass is 14.7. The summed E-state index contributed by atoms with van der Waals surface area (Å²) < 4.78 is 0. The third kappa shape index (κ3) is 5.91. The van der Waals surface area contributed by atoms with Crippen molar-refractivity contribution in [3.8, 4) is 0 Å². The van der Waals surface area contributed by atoms with Gasteiger partial charge in [-0.2, -0.15) is 0 Å². The first kappa shape index (κ1) is 36.9. The van der Waals surface area contributed by atoms with E-state index in [0.717, 1.165) is 88.8 Å². The van der Waals surface area contributed by atoms with Crippen LogP contribution in [0, 0.1) is 110 Å². The van der Waals surface area contributed by atoms with Crippen molar-refractivity contribution in [1.82, 2.24) is 0 Å². The van der Waals surface area contributed by atoms with Gasteiger partial charge in [0.15, 0.2) is 0 Å². The lowest BCUT2D eigenvalue weighted by Crippen LogP contribution is -2.50. The third-order valence-corrected chi connectivity index (χ3v) is 21.1. The molecule has 0 aromatic carbocycles. The standard InChI is InChI=1S/C50H86/c1-10-48(8,11-2)36-27-37(49(9,12-3)13-4)31-50(30-36)43-23-22-39-41(46(43)42-25-32-18-14-15-19-33(32)26-44(42)50)28-40-38-21-17-16-20-34(38)24-35(45(39)40)29-47(5,6)7/h32-46H,10-31H2,1-9H3. The van der Waals surface area contributed by atoms with Gasteiger partial charge in [0, 0.05) is 0 Å². The van der Waals surface area contributed by atoms with E-state index in [4.69, 9.17) is 0 Å². The molecule has 0 amide bonds. The van der Waals surface area contributed by atoms with Crippen molar-refractivity contribution in [2.24, 2.45) is 110 Å². The second-order valence-electron chi connectivity index (χ2n) is 23.6. The first-order valence-electron chi connectivity index (χ1n) is 23.9. The van der Waals surface area contributed by atoms with E-state index < -0.39 is 0 Å². The maximum atomic E-state index is 2.76. The molecule has 15 unspecified atom stereocenters. The molecule has 15 atom stereocenters. The first-order valence-corrected chi connectivity index (χ1v) is 23.9. The van der Waals surface area contributed by atoms with Gasteiger partial charge in [-0.15, -0.1) is 0 Å². The van der Waals surface area contributed by atoms with Gasteiger partial charge in [0.1, 0.15) is 0 Å². The van der Waals surface area contributed by atoms with Gasteiger partial charge in [0.2, 0.25) is 0 Å². The Bertz CT molecular complexity index is 1130. The van der Waals surface area contributed by atoms with E-state index in [9.17, 15) is 0 Å². The molecule has 0 radical (unpaired) electrons. The molecule has 8 saturated carbocycles. The summed E-state index contributed by atoms with van der Waals surface area (Å²) in [6, 6.07) is 0. The second kappa shape index (κ2) is 13.6. The number of hydrogen-bond donors (Lipinski definition) is 0. The normalized spacial score (nSPS) is 49.0. The maximum Gasteiger partial charge on any atom is -0.0230 e. The average molecular weight is 687 g/mol. The van der Waals surface area contributed by atoms with Gasteiger partial charge in [0.25, 0.3) is 0 Å². The van der Waals surface area contributed by atoms with Crippen molar-refractivity contribution in [1.29, 1.82) is 0 Å². The highest BCUT2D eigenvalue weighted by Crippen LogP contribution is 2.77. The molecule has 0 aromatic heterocycles. The Hall–Kier alpha value is 0. The summed E-state index contributed by atoms with van der Waals surface area (Å²) in [6.07, 6.45) is 34.3. The molecule has 0 aromatic rings. The van der Waals surface area contributed by atoms with Gasteiger partial charge in [-0.1, -0.05) is 133 Å². The second-order valence-corrected chi connectivity index (χ2v) is 23.6. The fourth-order valence-electron chi connectivity index (χ4n) is 18.2. The Morgan fingerprint density at radius 3 is 1.62 bits per heavy atom. The molecule has 8 fully saturated rings. The van der Waals surface area contributed by atoms with E-state index in [1.54, 1.807) is 109 Å². The lowest BCUT2D eigenvalue weighted by atomic mass is 9.46. The zero-order valence-electron chi connectivity index (χ0n) is 35.2. The summed E-state index contributed by atoms with van der Waals surface area (Å²) in [5, 5.41) is 0. The minimum Gasteiger partial charge on any atom is -0.0649 e. The van der Waals surface area contributed by atoms with Crippen LogP contribution in [0.1, 0.15) is 204 Å². The van der Waals surface area contributed by atoms with Gasteiger partial charge in [-0.25, -0.2) is 0 Å². The van der Waals surface area contributed by atoms with E-state index in [0.29, 0.717) is 21.7 Å². The van der Waals surface area contributed by atoms with Crippen molar-refractivity contribution in [3.63, 3.8) is 0 Å². The van der Waals surface area contributed by atoms with Crippen molar-refractivity contribution in [2.75, 3.05) is 0 Å². The van der Waals surface area contributed by atoms with Crippen molar-refractivity contribution in [3.05, 3.63) is 0 Å². The van der Waals surface area contributed by atoms with E-state index in [1.165, 1.54) is 32.1 Å². The highest BCUT2D eigenvalue weighted by molar-refractivity contribution is 5.18. The van der Waals surface area contributed by atoms with E-state index in [1.807, 2.05) is 0 Å². The van der Waals surface area contributed by atoms with Crippen molar-refractivity contribution in [2.45, 2.75) is 204 Å². The molecule has 0 saturated heterocycles. The molecule has 50 heavy (non-hydrogen) atoms. The lowest BCUT2D eigenvalue weighted by molar-refractivity contribution is -0.0936. The molecular weight excluding hydrogens is 601 g/mol. The molecule has 1 spiro atoms. The van der Waals surface area contributed by atoms with Crippen LogP contribution in [-0.4, -0.2) is 0 Å². The minimum atomic E-state index is 0.483. The molecule has 0 aliphatic heterocycles. The SMILES string of the molecule is CCC(C)(CC)C1CC(C(C)(CC)CC)CC2(C1)C1CC3CCCCC3CC1C1C3CC4C5CCCCC5CC(CC(C)(C)C)C4C3CCC12. The smallest absolute Gasteiger partial charge is 0.0230 e. The summed E-state index contributed by atoms with van der Waals surface area (Å²) in [4.78, 5) is 0. The zero-order chi connectivity index (χ0) is 35.2. The number of rotatable bonds is 7. The van der Waals surface area contributed by atoms with Crippen molar-refractivity contribution >= 4 is 0 Å². The minimum absolute atomic E-state index is 0.483. The van der Waals surface area contributed by atoms with E-state index in [-0.39, 0.29) is 0 Å². The van der Waals surface area contributed by atoms with Gasteiger partial charge in [-0.3, -0.25) is 0 Å². The summed E-state index contributed by atoms with van der Waals surface area (Å²) in [5.74, 6) is 15.9. The molecule has 0 heteroatoms. The quantitative estimate of drug-likeness (QED) is 0.250. The third-order valence-electron chi connectivity index (χ3n) is 21.1. The Balaban J connectivity index is 1.21. The van der Waals surface area contributed by atoms with Gasteiger partial charge in [0.05, 0.1) is 0 Å². The average Bonchev–Trinajstić information content (AvgIpc) is 3.63. The summed E-state index contributed by atoms with van der Waals surface area (Å²) in [6.45, 7) is 23.6. The van der Waals surface area contributed by atoms with Crippen LogP contribution in [0.25, 0.3) is 0 Å². The Morgan fingerprint density at radius 1 is 0.460 bits per heavy atom. The Kier molecular flexibility index (Phi) is 10.1. The number of hydrogen-bond acceptors (Lipinski definition) is 0. The van der Waals surface area contributed by atoms with E-state index in [2.05, 4.69) is 62.3 Å². The highest BCUT2D eigenvalue weighted by Gasteiger charge is 2.70. The van der Waals surface area contributed by atoms with Crippen LogP contribution in [0.5, 0.6) is 0 Å². The van der Waals surface area contributed by atoms with Gasteiger partial charge in [-0.05, 0) is 181 Å². The monoisotopic (exact) mass is 687 g/mol. The van der Waals surface area contributed by atoms with Crippen LogP contribution >= 0.6 is 0 Å². The van der Waals surface area contributed by atoms with Crippen LogP contribution in [0.3, 0.4) is 0 Å². The van der Waals surface area contributed by atoms with Crippen LogP contribution in [0.15, 0.2) is 0 Å². The number of fused-ring (bicyclic) bond motifs is 12. The predicted molar refractivity (Wildman–Crippen MR) is 215 cm³/mol. The largest absolute Gasteiger partial charge is 0.0649 e. The molecule has 0 N–H and O–H groups in total. The summed E-state index contributed by atoms with van der Waals surface area (Å²) in [5.41, 5.74) is 2.19. The Morgan fingerprint density at radius 2 is 1.02 bits per heavy atom. The van der Waals surface area contributed by atoms with Crippen LogP contribution < -0.4 is 0 Å². The molecule has 8 aliphatic carbocycles. The van der Waals surface area contributed by atoms with Crippen LogP contribution in [0.2, 0.25) is 0 Å². The fraction of sp³-hybridized carbons (Fsp3) is 1.00. The van der Waals surface area contributed by atoms with E-state index >= 15 is 0 Å².